The molecule has 2 aromatic rings. The van der Waals surface area contributed by atoms with Gasteiger partial charge in [-0.1, -0.05) is 5.16 Å². The zero-order valence-corrected chi connectivity index (χ0v) is 13.5. The number of nitrogens with zero attached hydrogens (tertiary/aromatic N) is 3. The molecule has 3 rings (SSSR count). The highest BCUT2D eigenvalue weighted by molar-refractivity contribution is 5.92. The predicted molar refractivity (Wildman–Crippen MR) is 78.6 cm³/mol. The van der Waals surface area contributed by atoms with Gasteiger partial charge in [0, 0.05) is 38.9 Å². The van der Waals surface area contributed by atoms with E-state index in [1.54, 1.807) is 0 Å². The molecule has 0 spiro atoms. The quantitative estimate of drug-likeness (QED) is 0.884. The summed E-state index contributed by atoms with van der Waals surface area (Å²) in [5.41, 5.74) is -0.731. The van der Waals surface area contributed by atoms with Crippen LogP contribution in [0.4, 0.5) is 13.2 Å². The van der Waals surface area contributed by atoms with Crippen molar-refractivity contribution in [1.82, 2.24) is 20.0 Å². The maximum atomic E-state index is 12.7. The van der Waals surface area contributed by atoms with Crippen molar-refractivity contribution in [2.45, 2.75) is 32.2 Å². The molecule has 1 amide bonds. The van der Waals surface area contributed by atoms with Gasteiger partial charge in [-0.05, 0) is 12.3 Å². The van der Waals surface area contributed by atoms with Gasteiger partial charge >= 0.3 is 6.18 Å². The van der Waals surface area contributed by atoms with Crippen molar-refractivity contribution in [2.75, 3.05) is 13.7 Å². The Kier molecular flexibility index (Phi) is 4.80. The van der Waals surface area contributed by atoms with E-state index in [0.29, 0.717) is 37.5 Å². The average molecular weight is 358 g/mol. The number of rotatable bonds is 5. The second-order valence-electron chi connectivity index (χ2n) is 5.92. The minimum Gasteiger partial charge on any atom is -0.377 e. The molecule has 0 unspecified atom stereocenters. The Balaban J connectivity index is 1.56. The third kappa shape index (κ3) is 4.01. The van der Waals surface area contributed by atoms with Crippen molar-refractivity contribution in [3.63, 3.8) is 0 Å². The van der Waals surface area contributed by atoms with Crippen LogP contribution in [0, 0.1) is 5.92 Å². The third-order valence-electron chi connectivity index (χ3n) is 4.01. The molecule has 10 heteroatoms. The number of amides is 1. The Morgan fingerprint density at radius 1 is 1.52 bits per heavy atom. The van der Waals surface area contributed by atoms with Crippen molar-refractivity contribution in [1.29, 1.82) is 0 Å². The monoisotopic (exact) mass is 358 g/mol. The molecule has 7 nitrogen and oxygen atoms in total. The van der Waals surface area contributed by atoms with Crippen molar-refractivity contribution in [3.8, 4) is 0 Å². The number of fused-ring (bicyclic) bond motifs is 1. The van der Waals surface area contributed by atoms with E-state index in [-0.39, 0.29) is 18.2 Å². The standard InChI is InChI=1S/C15H17F3N4O3/c1-24-8-10-4-11(21-25-10)14(23)19-5-9-2-3-13-20-12(15(16,17)18)7-22(13)6-9/h4,7,9H,2-3,5-6,8H2,1H3,(H,19,23)/t9-/m1/s1. The van der Waals surface area contributed by atoms with Gasteiger partial charge in [0.05, 0.1) is 0 Å². The summed E-state index contributed by atoms with van der Waals surface area (Å²) in [4.78, 5) is 15.7. The van der Waals surface area contributed by atoms with Crippen LogP contribution < -0.4 is 5.32 Å². The van der Waals surface area contributed by atoms with Gasteiger partial charge in [0.2, 0.25) is 0 Å². The largest absolute Gasteiger partial charge is 0.434 e. The smallest absolute Gasteiger partial charge is 0.377 e. The van der Waals surface area contributed by atoms with E-state index in [1.165, 1.54) is 17.7 Å². The van der Waals surface area contributed by atoms with E-state index < -0.39 is 17.8 Å². The Morgan fingerprint density at radius 3 is 3.04 bits per heavy atom. The minimum absolute atomic E-state index is 0.0251. The summed E-state index contributed by atoms with van der Waals surface area (Å²) in [6.45, 7) is 0.935. The van der Waals surface area contributed by atoms with E-state index in [2.05, 4.69) is 15.5 Å². The van der Waals surface area contributed by atoms with Crippen LogP contribution in [0.15, 0.2) is 16.8 Å². The van der Waals surface area contributed by atoms with E-state index in [0.717, 1.165) is 6.20 Å². The highest BCUT2D eigenvalue weighted by atomic mass is 19.4. The third-order valence-corrected chi connectivity index (χ3v) is 4.01. The number of hydrogen-bond acceptors (Lipinski definition) is 5. The Labute approximate surface area is 141 Å². The van der Waals surface area contributed by atoms with Crippen molar-refractivity contribution in [2.24, 2.45) is 5.92 Å². The first kappa shape index (κ1) is 17.5. The molecule has 0 aromatic carbocycles. The zero-order valence-electron chi connectivity index (χ0n) is 13.5. The van der Waals surface area contributed by atoms with Gasteiger partial charge < -0.3 is 19.1 Å². The van der Waals surface area contributed by atoms with Crippen LogP contribution in [-0.4, -0.2) is 34.3 Å². The van der Waals surface area contributed by atoms with Gasteiger partial charge in [0.25, 0.3) is 5.91 Å². The average Bonchev–Trinajstić information content (AvgIpc) is 3.18. The summed E-state index contributed by atoms with van der Waals surface area (Å²) >= 11 is 0. The van der Waals surface area contributed by atoms with Crippen LogP contribution in [0.5, 0.6) is 0 Å². The lowest BCUT2D eigenvalue weighted by Gasteiger charge is -2.23. The highest BCUT2D eigenvalue weighted by Crippen LogP contribution is 2.30. The maximum Gasteiger partial charge on any atom is 0.434 e. The van der Waals surface area contributed by atoms with Gasteiger partial charge in [0.1, 0.15) is 12.4 Å². The fraction of sp³-hybridized carbons (Fsp3) is 0.533. The number of aromatic nitrogens is 3. The van der Waals surface area contributed by atoms with Crippen molar-refractivity contribution in [3.05, 3.63) is 35.2 Å². The number of imidazole rings is 1. The second kappa shape index (κ2) is 6.87. The van der Waals surface area contributed by atoms with Gasteiger partial charge in [-0.3, -0.25) is 4.79 Å². The van der Waals surface area contributed by atoms with Gasteiger partial charge in [0.15, 0.2) is 17.1 Å². The number of ether oxygens (including phenoxy) is 1. The summed E-state index contributed by atoms with van der Waals surface area (Å²) in [6.07, 6.45) is -2.32. The normalized spacial score (nSPS) is 17.4. The Hall–Kier alpha value is -2.36. The van der Waals surface area contributed by atoms with Crippen LogP contribution >= 0.6 is 0 Å². The van der Waals surface area contributed by atoms with Crippen LogP contribution in [0.1, 0.15) is 34.2 Å². The highest BCUT2D eigenvalue weighted by Gasteiger charge is 2.35. The molecule has 0 bridgehead atoms. The molecule has 1 atom stereocenters. The SMILES string of the molecule is COCc1cc(C(=O)NC[C@H]2CCc3nc(C(F)(F)F)cn3C2)no1. The Bertz CT molecular complexity index is 754. The first-order chi connectivity index (χ1) is 11.9. The molecule has 1 aliphatic rings. The predicted octanol–water partition coefficient (Wildman–Crippen LogP) is 2.03. The summed E-state index contributed by atoms with van der Waals surface area (Å²) in [6, 6.07) is 1.49. The number of nitrogens with one attached hydrogen (secondary N) is 1. The van der Waals surface area contributed by atoms with Crippen LogP contribution in [0.2, 0.25) is 0 Å². The zero-order chi connectivity index (χ0) is 18.0. The molecule has 0 fully saturated rings. The van der Waals surface area contributed by atoms with Crippen LogP contribution in [-0.2, 0) is 30.5 Å². The van der Waals surface area contributed by atoms with E-state index in [1.807, 2.05) is 0 Å². The maximum absolute atomic E-state index is 12.7. The fourth-order valence-corrected chi connectivity index (χ4v) is 2.78. The lowest BCUT2D eigenvalue weighted by Crippen LogP contribution is -2.33. The van der Waals surface area contributed by atoms with E-state index >= 15 is 0 Å². The lowest BCUT2D eigenvalue weighted by atomic mass is 9.99. The number of carbonyl (C=O) groups is 1. The summed E-state index contributed by atoms with van der Waals surface area (Å²) in [5.74, 6) is 0.499. The van der Waals surface area contributed by atoms with Crippen molar-refractivity contribution < 1.29 is 27.2 Å². The minimum atomic E-state index is -4.44. The molecule has 0 radical (unpaired) electrons. The second-order valence-corrected chi connectivity index (χ2v) is 5.92. The number of halogens is 3. The number of methoxy groups -OCH3 is 1. The molecular formula is C15H17F3N4O3. The molecule has 1 aliphatic heterocycles. The van der Waals surface area contributed by atoms with Crippen LogP contribution in [0.3, 0.4) is 0 Å². The summed E-state index contributed by atoms with van der Waals surface area (Å²) in [7, 11) is 1.50. The molecule has 3 heterocycles. The lowest BCUT2D eigenvalue weighted by molar-refractivity contribution is -0.141. The fourth-order valence-electron chi connectivity index (χ4n) is 2.78. The molecular weight excluding hydrogens is 341 g/mol. The summed E-state index contributed by atoms with van der Waals surface area (Å²) < 4.78 is 49.5. The summed E-state index contributed by atoms with van der Waals surface area (Å²) in [5, 5.41) is 6.39. The topological polar surface area (TPSA) is 82.2 Å². The number of alkyl halides is 3. The molecule has 0 saturated heterocycles. The molecule has 0 aliphatic carbocycles. The Morgan fingerprint density at radius 2 is 2.32 bits per heavy atom. The molecule has 0 saturated carbocycles. The first-order valence-electron chi connectivity index (χ1n) is 7.72. The van der Waals surface area contributed by atoms with E-state index in [4.69, 9.17) is 9.26 Å². The van der Waals surface area contributed by atoms with Crippen LogP contribution in [0.25, 0.3) is 0 Å². The molecule has 25 heavy (non-hydrogen) atoms. The number of hydrogen-bond donors (Lipinski definition) is 1. The van der Waals surface area contributed by atoms with Gasteiger partial charge in [-0.25, -0.2) is 4.98 Å². The van der Waals surface area contributed by atoms with Crippen molar-refractivity contribution >= 4 is 5.91 Å². The molecule has 1 N–H and O–H groups in total. The number of aryl methyl sites for hydroxylation is 1. The van der Waals surface area contributed by atoms with Gasteiger partial charge in [-0.2, -0.15) is 13.2 Å². The number of carbonyl (C=O) groups excluding carboxylic acids is 1. The molecule has 136 valence electrons. The molecule has 2 aromatic heterocycles. The van der Waals surface area contributed by atoms with Gasteiger partial charge in [-0.15, -0.1) is 0 Å². The van der Waals surface area contributed by atoms with E-state index in [9.17, 15) is 18.0 Å². The first-order valence-corrected chi connectivity index (χ1v) is 7.72.